The highest BCUT2D eigenvalue weighted by atomic mass is 32.2. The number of hydrogen-bond acceptors (Lipinski definition) is 9. The minimum absolute atomic E-state index is 0.0478. The first kappa shape index (κ1) is 36.2. The van der Waals surface area contributed by atoms with Gasteiger partial charge in [-0.15, -0.1) is 0 Å². The fourth-order valence-corrected chi connectivity index (χ4v) is 7.33. The Morgan fingerprint density at radius 3 is 2.45 bits per heavy atom. The fraction of sp³-hybridized carbons (Fsp3) is 0.500. The van der Waals surface area contributed by atoms with Gasteiger partial charge in [-0.2, -0.15) is 4.31 Å². The van der Waals surface area contributed by atoms with Crippen molar-refractivity contribution in [3.8, 4) is 11.1 Å². The van der Waals surface area contributed by atoms with Crippen molar-refractivity contribution in [2.75, 3.05) is 59.6 Å². The van der Waals surface area contributed by atoms with Crippen LogP contribution in [0.5, 0.6) is 0 Å². The van der Waals surface area contributed by atoms with Crippen LogP contribution in [0.15, 0.2) is 51.9 Å². The average Bonchev–Trinajstić information content (AvgIpc) is 3.17. The monoisotopic (exact) mass is 669 g/mol. The van der Waals surface area contributed by atoms with Crippen LogP contribution in [0.25, 0.3) is 17.2 Å². The van der Waals surface area contributed by atoms with Crippen molar-refractivity contribution in [2.24, 2.45) is 16.6 Å². The van der Waals surface area contributed by atoms with Crippen molar-refractivity contribution in [3.63, 3.8) is 0 Å². The van der Waals surface area contributed by atoms with Gasteiger partial charge in [0.05, 0.1) is 30.2 Å². The maximum atomic E-state index is 13.5. The second kappa shape index (κ2) is 16.5. The molecule has 1 fully saturated rings. The molecule has 1 saturated heterocycles. The minimum Gasteiger partial charge on any atom is -0.481 e. The first-order valence-electron chi connectivity index (χ1n) is 16.2. The van der Waals surface area contributed by atoms with E-state index in [2.05, 4.69) is 4.99 Å². The number of aliphatic carboxylic acids is 1. The van der Waals surface area contributed by atoms with Gasteiger partial charge < -0.3 is 25.6 Å². The number of carbonyl (C=O) groups is 2. The number of aliphatic hydroxyl groups excluding tert-OH is 1. The number of aliphatic hydroxyl groups is 1. The van der Waals surface area contributed by atoms with E-state index in [0.717, 1.165) is 29.5 Å². The van der Waals surface area contributed by atoms with Gasteiger partial charge in [-0.05, 0) is 60.9 Å². The number of fused-ring (bicyclic) bond motifs is 1. The van der Waals surface area contributed by atoms with Gasteiger partial charge in [0.2, 0.25) is 15.9 Å². The van der Waals surface area contributed by atoms with Gasteiger partial charge in [-0.25, -0.2) is 13.4 Å². The number of carboxylic acids is 1. The highest BCUT2D eigenvalue weighted by Crippen LogP contribution is 2.36. The lowest BCUT2D eigenvalue weighted by Crippen LogP contribution is -2.51. The van der Waals surface area contributed by atoms with Crippen molar-refractivity contribution in [2.45, 2.75) is 51.0 Å². The zero-order chi connectivity index (χ0) is 34.1. The summed E-state index contributed by atoms with van der Waals surface area (Å²) in [4.78, 5) is 32.9. The lowest BCUT2D eigenvalue weighted by atomic mass is 9.96. The number of hydrogen-bond donors (Lipinski definition) is 3. The maximum absolute atomic E-state index is 13.5. The van der Waals surface area contributed by atoms with Crippen LogP contribution in [0.3, 0.4) is 0 Å². The van der Waals surface area contributed by atoms with Crippen LogP contribution in [0.1, 0.15) is 50.7 Å². The Morgan fingerprint density at radius 2 is 1.79 bits per heavy atom. The molecule has 0 atom stereocenters. The standard InChI is InChI=1S/C34H47N5O7S/c1-4-11-38(12-5-2)34(43)28-16-26-7-6-25(17-31(26)36-32(35)18-28)30-19-29(47(44,45)39-20-24(21-39)23-40)9-8-27(30)22-37(3)13-15-46-14-10-33(41)42/h6-9,16-17,19,24,40H,4-5,10-15,18,20-23H2,1-3H3,(H2,35,36)(H,41,42). The Bertz CT molecular complexity index is 1600. The summed E-state index contributed by atoms with van der Waals surface area (Å²) < 4.78 is 33.8. The van der Waals surface area contributed by atoms with Gasteiger partial charge in [0.1, 0.15) is 5.84 Å². The Labute approximate surface area is 277 Å². The van der Waals surface area contributed by atoms with Crippen molar-refractivity contribution >= 4 is 39.5 Å². The highest BCUT2D eigenvalue weighted by molar-refractivity contribution is 7.89. The number of nitrogens with two attached hydrogens (primary N) is 1. The number of ether oxygens (including phenoxy) is 1. The number of benzene rings is 2. The molecule has 0 unspecified atom stereocenters. The van der Waals surface area contributed by atoms with Gasteiger partial charge in [0.15, 0.2) is 0 Å². The highest BCUT2D eigenvalue weighted by Gasteiger charge is 2.36. The summed E-state index contributed by atoms with van der Waals surface area (Å²) in [6.45, 7) is 7.39. The van der Waals surface area contributed by atoms with E-state index in [1.54, 1.807) is 12.1 Å². The van der Waals surface area contributed by atoms with Crippen LogP contribution in [0.4, 0.5) is 5.69 Å². The van der Waals surface area contributed by atoms with E-state index in [0.29, 0.717) is 55.4 Å². The maximum Gasteiger partial charge on any atom is 0.305 e. The third-order valence-corrected chi connectivity index (χ3v) is 10.1. The summed E-state index contributed by atoms with van der Waals surface area (Å²) in [6.07, 6.45) is 3.73. The summed E-state index contributed by atoms with van der Waals surface area (Å²) in [7, 11) is -1.86. The van der Waals surface area contributed by atoms with Crippen LogP contribution < -0.4 is 5.73 Å². The van der Waals surface area contributed by atoms with Crippen LogP contribution in [-0.4, -0.2) is 110 Å². The first-order valence-corrected chi connectivity index (χ1v) is 17.6. The van der Waals surface area contributed by atoms with Gasteiger partial charge in [-0.3, -0.25) is 14.5 Å². The number of carboxylic acid groups (broad SMARTS) is 1. The van der Waals surface area contributed by atoms with Crippen LogP contribution in [0.2, 0.25) is 0 Å². The predicted molar refractivity (Wildman–Crippen MR) is 182 cm³/mol. The molecule has 0 aromatic heterocycles. The molecule has 4 N–H and O–H groups in total. The molecule has 2 heterocycles. The summed E-state index contributed by atoms with van der Waals surface area (Å²) in [5, 5.41) is 18.3. The molecule has 47 heavy (non-hydrogen) atoms. The molecule has 12 nitrogen and oxygen atoms in total. The zero-order valence-electron chi connectivity index (χ0n) is 27.5. The van der Waals surface area contributed by atoms with Crippen LogP contribution >= 0.6 is 0 Å². The molecule has 256 valence electrons. The Hall–Kier alpha value is -3.62. The van der Waals surface area contributed by atoms with Gasteiger partial charge >= 0.3 is 5.97 Å². The molecular formula is C34H47N5O7S. The van der Waals surface area contributed by atoms with E-state index < -0.39 is 16.0 Å². The number of amidine groups is 1. The third-order valence-electron chi connectivity index (χ3n) is 8.27. The van der Waals surface area contributed by atoms with Crippen molar-refractivity contribution in [1.82, 2.24) is 14.1 Å². The Balaban J connectivity index is 1.68. The van der Waals surface area contributed by atoms with Gasteiger partial charge in [0.25, 0.3) is 0 Å². The predicted octanol–water partition coefficient (Wildman–Crippen LogP) is 3.31. The van der Waals surface area contributed by atoms with E-state index in [1.807, 2.05) is 61.0 Å². The van der Waals surface area contributed by atoms with Gasteiger partial charge in [-0.1, -0.05) is 32.0 Å². The topological polar surface area (TPSA) is 166 Å². The van der Waals surface area contributed by atoms with Crippen LogP contribution in [0, 0.1) is 5.92 Å². The molecule has 0 spiro atoms. The molecule has 1 amide bonds. The van der Waals surface area contributed by atoms with E-state index in [4.69, 9.17) is 15.6 Å². The fourth-order valence-electron chi connectivity index (χ4n) is 5.71. The summed E-state index contributed by atoms with van der Waals surface area (Å²) in [5.74, 6) is -0.705. The van der Waals surface area contributed by atoms with E-state index in [1.165, 1.54) is 4.31 Å². The molecule has 4 rings (SSSR count). The largest absolute Gasteiger partial charge is 0.481 e. The lowest BCUT2D eigenvalue weighted by molar-refractivity contribution is -0.138. The molecule has 2 aromatic carbocycles. The van der Waals surface area contributed by atoms with Gasteiger partial charge in [0, 0.05) is 69.4 Å². The molecule has 13 heteroatoms. The molecule has 2 aliphatic heterocycles. The minimum atomic E-state index is -3.77. The SMILES string of the molecule is CCCN(CCC)C(=O)C1=Cc2ccc(-c3cc(S(=O)(=O)N4CC(CO)C4)ccc3CN(C)CCOCCC(=O)O)cc2N=C(N)C1. The number of likely N-dealkylation sites (N-methyl/N-ethyl adjacent to an activating group) is 1. The lowest BCUT2D eigenvalue weighted by Gasteiger charge is -2.37. The van der Waals surface area contributed by atoms with E-state index >= 15 is 0 Å². The Kier molecular flexibility index (Phi) is 12.7. The molecule has 0 saturated carbocycles. The number of rotatable bonds is 17. The van der Waals surface area contributed by atoms with Crippen molar-refractivity contribution in [3.05, 3.63) is 53.1 Å². The molecule has 0 bridgehead atoms. The number of carbonyl (C=O) groups excluding carboxylic acids is 1. The third kappa shape index (κ3) is 9.26. The normalized spacial score (nSPS) is 15.4. The summed E-state index contributed by atoms with van der Waals surface area (Å²) in [5.41, 5.74) is 10.6. The molecule has 2 aromatic rings. The van der Waals surface area contributed by atoms with E-state index in [-0.39, 0.29) is 55.9 Å². The summed E-state index contributed by atoms with van der Waals surface area (Å²) >= 11 is 0. The molecule has 0 aliphatic carbocycles. The van der Waals surface area contributed by atoms with Crippen molar-refractivity contribution < 1.29 is 33.0 Å². The molecule has 2 aliphatic rings. The molecule has 0 radical (unpaired) electrons. The van der Waals surface area contributed by atoms with E-state index in [9.17, 15) is 23.1 Å². The first-order chi connectivity index (χ1) is 22.5. The molecular weight excluding hydrogens is 622 g/mol. The smallest absolute Gasteiger partial charge is 0.305 e. The average molecular weight is 670 g/mol. The second-order valence-electron chi connectivity index (χ2n) is 12.2. The van der Waals surface area contributed by atoms with Crippen molar-refractivity contribution in [1.29, 1.82) is 0 Å². The van der Waals surface area contributed by atoms with Crippen LogP contribution in [-0.2, 0) is 30.9 Å². The number of amides is 1. The number of aliphatic imine (C=N–C) groups is 1. The quantitative estimate of drug-likeness (QED) is 0.214. The number of sulfonamides is 1. The Morgan fingerprint density at radius 1 is 1.06 bits per heavy atom. The zero-order valence-corrected chi connectivity index (χ0v) is 28.3. The second-order valence-corrected chi connectivity index (χ2v) is 14.1. The summed E-state index contributed by atoms with van der Waals surface area (Å²) in [6, 6.07) is 10.8. The number of nitrogens with zero attached hydrogens (tertiary/aromatic N) is 4.